The number of fused-ring (bicyclic) bond motifs is 1. The van der Waals surface area contributed by atoms with Crippen molar-refractivity contribution in [2.75, 3.05) is 0 Å². The number of hydrogen-bond donors (Lipinski definition) is 0. The van der Waals surface area contributed by atoms with E-state index in [1.165, 1.54) is 0 Å². The van der Waals surface area contributed by atoms with Gasteiger partial charge in [-0.15, -0.1) is 0 Å². The molecule has 0 bridgehead atoms. The van der Waals surface area contributed by atoms with E-state index in [0.717, 1.165) is 33.2 Å². The van der Waals surface area contributed by atoms with Gasteiger partial charge in [-0.05, 0) is 47.0 Å². The Labute approximate surface area is 138 Å². The van der Waals surface area contributed by atoms with Crippen molar-refractivity contribution in [2.45, 2.75) is 0 Å². The van der Waals surface area contributed by atoms with Crippen molar-refractivity contribution in [1.82, 2.24) is 19.9 Å². The van der Waals surface area contributed by atoms with Gasteiger partial charge in [-0.3, -0.25) is 9.97 Å². The van der Waals surface area contributed by atoms with Gasteiger partial charge in [0.05, 0.1) is 5.52 Å². The van der Waals surface area contributed by atoms with Crippen molar-refractivity contribution < 1.29 is 0 Å². The first kappa shape index (κ1) is 14.0. The summed E-state index contributed by atoms with van der Waals surface area (Å²) in [7, 11) is 0. The predicted octanol–water partition coefficient (Wildman–Crippen LogP) is 3.63. The largest absolute Gasteiger partial charge is 0.265 e. The highest BCUT2D eigenvalue weighted by molar-refractivity contribution is 5.96. The van der Waals surface area contributed by atoms with Crippen molar-refractivity contribution >= 4 is 10.9 Å². The van der Waals surface area contributed by atoms with Crippen LogP contribution in [0.25, 0.3) is 33.2 Å². The molecule has 3 aromatic heterocycles. The van der Waals surface area contributed by atoms with Crippen LogP contribution in [0.3, 0.4) is 0 Å². The number of nitrogens with zero attached hydrogens (tertiary/aromatic N) is 5. The van der Waals surface area contributed by atoms with Gasteiger partial charge in [0, 0.05) is 41.9 Å². The average Bonchev–Trinajstić information content (AvgIpc) is 2.68. The van der Waals surface area contributed by atoms with Crippen molar-refractivity contribution in [3.05, 3.63) is 73.2 Å². The molecule has 0 fully saturated rings. The second-order valence-electron chi connectivity index (χ2n) is 5.23. The Balaban J connectivity index is 1.89. The van der Waals surface area contributed by atoms with Gasteiger partial charge in [-0.25, -0.2) is 9.97 Å². The molecule has 5 nitrogen and oxygen atoms in total. The van der Waals surface area contributed by atoms with Crippen LogP contribution in [0.15, 0.2) is 67.4 Å². The molecule has 0 aliphatic carbocycles. The Kier molecular flexibility index (Phi) is 3.41. The van der Waals surface area contributed by atoms with E-state index in [1.54, 1.807) is 24.8 Å². The minimum atomic E-state index is 0.165. The maximum Gasteiger partial charge on any atom is 0.232 e. The zero-order chi connectivity index (χ0) is 16.4. The zero-order valence-electron chi connectivity index (χ0n) is 12.6. The number of hydrogen-bond acceptors (Lipinski definition) is 5. The van der Waals surface area contributed by atoms with Gasteiger partial charge in [0.1, 0.15) is 6.07 Å². The molecule has 4 aromatic rings. The summed E-state index contributed by atoms with van der Waals surface area (Å²) >= 11 is 0. The molecule has 0 spiro atoms. The first-order valence-electron chi connectivity index (χ1n) is 7.37. The summed E-state index contributed by atoms with van der Waals surface area (Å²) in [6.45, 7) is 0. The third-order valence-electron chi connectivity index (χ3n) is 3.82. The maximum atomic E-state index is 8.81. The molecule has 0 saturated heterocycles. The number of nitriles is 1. The second kappa shape index (κ2) is 5.86. The van der Waals surface area contributed by atoms with Crippen LogP contribution in [0.4, 0.5) is 0 Å². The molecule has 0 N–H and O–H groups in total. The number of aromatic nitrogens is 4. The standard InChI is InChI=1S/C19H11N5/c20-10-19-23-11-15(12-24-19)14-1-2-18-17(9-14)16(5-8-22-18)13-3-6-21-7-4-13/h1-9,11-12H. The van der Waals surface area contributed by atoms with Gasteiger partial charge < -0.3 is 0 Å². The summed E-state index contributed by atoms with van der Waals surface area (Å²) in [5, 5.41) is 9.86. The molecular weight excluding hydrogens is 298 g/mol. The lowest BCUT2D eigenvalue weighted by Gasteiger charge is -2.08. The van der Waals surface area contributed by atoms with Gasteiger partial charge in [-0.2, -0.15) is 5.26 Å². The highest BCUT2D eigenvalue weighted by atomic mass is 14.9. The van der Waals surface area contributed by atoms with Crippen LogP contribution in [0.1, 0.15) is 5.82 Å². The Morgan fingerprint density at radius 1 is 0.750 bits per heavy atom. The van der Waals surface area contributed by atoms with Crippen LogP contribution in [-0.4, -0.2) is 19.9 Å². The molecule has 5 heteroatoms. The number of rotatable bonds is 2. The van der Waals surface area contributed by atoms with Crippen LogP contribution in [0, 0.1) is 11.3 Å². The van der Waals surface area contributed by atoms with E-state index in [4.69, 9.17) is 5.26 Å². The lowest BCUT2D eigenvalue weighted by molar-refractivity contribution is 1.12. The number of pyridine rings is 2. The lowest BCUT2D eigenvalue weighted by atomic mass is 9.99. The molecule has 1 aromatic carbocycles. The topological polar surface area (TPSA) is 75.3 Å². The van der Waals surface area contributed by atoms with E-state index in [0.29, 0.717) is 0 Å². The predicted molar refractivity (Wildman–Crippen MR) is 90.7 cm³/mol. The molecule has 0 atom stereocenters. The van der Waals surface area contributed by atoms with E-state index in [-0.39, 0.29) is 5.82 Å². The molecule has 3 heterocycles. The highest BCUT2D eigenvalue weighted by Crippen LogP contribution is 2.30. The average molecular weight is 309 g/mol. The first-order chi connectivity index (χ1) is 11.8. The fourth-order valence-electron chi connectivity index (χ4n) is 2.64. The Bertz CT molecular complexity index is 1050. The smallest absolute Gasteiger partial charge is 0.232 e. The molecule has 112 valence electrons. The van der Waals surface area contributed by atoms with E-state index in [9.17, 15) is 0 Å². The van der Waals surface area contributed by atoms with Gasteiger partial charge in [0.15, 0.2) is 0 Å². The van der Waals surface area contributed by atoms with Crippen LogP contribution in [-0.2, 0) is 0 Å². The third-order valence-corrected chi connectivity index (χ3v) is 3.82. The van der Waals surface area contributed by atoms with E-state index in [1.807, 2.05) is 42.6 Å². The molecule has 0 amide bonds. The lowest BCUT2D eigenvalue weighted by Crippen LogP contribution is -1.90. The molecule has 0 aliphatic rings. The molecule has 4 rings (SSSR count). The molecule has 0 saturated carbocycles. The van der Waals surface area contributed by atoms with Crippen LogP contribution in [0.5, 0.6) is 0 Å². The molecule has 0 aliphatic heterocycles. The van der Waals surface area contributed by atoms with Gasteiger partial charge in [0.25, 0.3) is 0 Å². The number of benzene rings is 1. The minimum Gasteiger partial charge on any atom is -0.265 e. The molecular formula is C19H11N5. The van der Waals surface area contributed by atoms with E-state index in [2.05, 4.69) is 26.0 Å². The summed E-state index contributed by atoms with van der Waals surface area (Å²) < 4.78 is 0. The summed E-state index contributed by atoms with van der Waals surface area (Å²) in [4.78, 5) is 16.6. The quantitative estimate of drug-likeness (QED) is 0.565. The maximum absolute atomic E-state index is 8.81. The van der Waals surface area contributed by atoms with E-state index >= 15 is 0 Å². The molecule has 0 radical (unpaired) electrons. The van der Waals surface area contributed by atoms with Crippen molar-refractivity contribution in [3.8, 4) is 28.3 Å². The van der Waals surface area contributed by atoms with Crippen LogP contribution < -0.4 is 0 Å². The van der Waals surface area contributed by atoms with Crippen molar-refractivity contribution in [2.24, 2.45) is 0 Å². The monoisotopic (exact) mass is 309 g/mol. The van der Waals surface area contributed by atoms with Crippen molar-refractivity contribution in [3.63, 3.8) is 0 Å². The van der Waals surface area contributed by atoms with Crippen molar-refractivity contribution in [1.29, 1.82) is 5.26 Å². The molecule has 0 unspecified atom stereocenters. The SMILES string of the molecule is N#Cc1ncc(-c2ccc3nccc(-c4ccncc4)c3c2)cn1. The minimum absolute atomic E-state index is 0.165. The summed E-state index contributed by atoms with van der Waals surface area (Å²) in [6, 6.07) is 13.9. The Morgan fingerprint density at radius 2 is 1.54 bits per heavy atom. The fraction of sp³-hybridized carbons (Fsp3) is 0. The second-order valence-corrected chi connectivity index (χ2v) is 5.23. The fourth-order valence-corrected chi connectivity index (χ4v) is 2.64. The van der Waals surface area contributed by atoms with Gasteiger partial charge in [-0.1, -0.05) is 6.07 Å². The Morgan fingerprint density at radius 3 is 2.29 bits per heavy atom. The zero-order valence-corrected chi connectivity index (χ0v) is 12.6. The highest BCUT2D eigenvalue weighted by Gasteiger charge is 2.07. The van der Waals surface area contributed by atoms with Crippen LogP contribution >= 0.6 is 0 Å². The van der Waals surface area contributed by atoms with Gasteiger partial charge >= 0.3 is 0 Å². The van der Waals surface area contributed by atoms with E-state index < -0.39 is 0 Å². The van der Waals surface area contributed by atoms with Crippen LogP contribution in [0.2, 0.25) is 0 Å². The normalized spacial score (nSPS) is 10.5. The first-order valence-corrected chi connectivity index (χ1v) is 7.37. The third kappa shape index (κ3) is 2.46. The molecule has 24 heavy (non-hydrogen) atoms. The summed E-state index contributed by atoms with van der Waals surface area (Å²) in [6.07, 6.45) is 8.69. The Hall–Kier alpha value is -3.65. The van der Waals surface area contributed by atoms with Gasteiger partial charge in [0.2, 0.25) is 5.82 Å². The summed E-state index contributed by atoms with van der Waals surface area (Å²) in [5.74, 6) is 0.165. The summed E-state index contributed by atoms with van der Waals surface area (Å²) in [5.41, 5.74) is 4.95.